The lowest BCUT2D eigenvalue weighted by atomic mass is 9.93. The third kappa shape index (κ3) is 3.51. The van der Waals surface area contributed by atoms with Crippen LogP contribution in [0.3, 0.4) is 0 Å². The molecule has 0 saturated carbocycles. The summed E-state index contributed by atoms with van der Waals surface area (Å²) in [5.74, 6) is -0.0502. The normalized spacial score (nSPS) is 23.2. The monoisotopic (exact) mass is 327 g/mol. The molecule has 2 aliphatic rings. The van der Waals surface area contributed by atoms with E-state index in [-0.39, 0.29) is 24.3 Å². The van der Waals surface area contributed by atoms with Gasteiger partial charge in [-0.1, -0.05) is 24.3 Å². The van der Waals surface area contributed by atoms with Gasteiger partial charge in [-0.15, -0.1) is 0 Å². The Hall–Kier alpha value is -2.14. The van der Waals surface area contributed by atoms with E-state index in [4.69, 9.17) is 0 Å². The second-order valence-electron chi connectivity index (χ2n) is 6.67. The number of nitrogens with one attached hydrogen (secondary N) is 1. The smallest absolute Gasteiger partial charge is 0.223 e. The third-order valence-electron chi connectivity index (χ3n) is 5.05. The minimum atomic E-state index is -0.231. The van der Waals surface area contributed by atoms with Gasteiger partial charge < -0.3 is 15.1 Å². The number of carbonyl (C=O) groups excluding carboxylic acids is 2. The van der Waals surface area contributed by atoms with E-state index in [1.165, 1.54) is 13.3 Å². The van der Waals surface area contributed by atoms with Gasteiger partial charge in [0.1, 0.15) is 0 Å². The average molecular weight is 327 g/mol. The molecule has 0 aromatic heterocycles. The van der Waals surface area contributed by atoms with Crippen LogP contribution in [0.5, 0.6) is 0 Å². The molecule has 2 heterocycles. The van der Waals surface area contributed by atoms with Gasteiger partial charge in [0.2, 0.25) is 11.8 Å². The number of likely N-dealkylation sites (tertiary alicyclic amines) is 1. The second-order valence-corrected chi connectivity index (χ2v) is 6.67. The summed E-state index contributed by atoms with van der Waals surface area (Å²) >= 11 is 0. The van der Waals surface area contributed by atoms with Crippen molar-refractivity contribution in [1.82, 2.24) is 15.1 Å². The van der Waals surface area contributed by atoms with Crippen LogP contribution >= 0.6 is 0 Å². The van der Waals surface area contributed by atoms with E-state index in [0.29, 0.717) is 12.6 Å². The molecule has 24 heavy (non-hydrogen) atoms. The third-order valence-corrected chi connectivity index (χ3v) is 5.05. The van der Waals surface area contributed by atoms with E-state index in [1.54, 1.807) is 11.1 Å². The Kier molecular flexibility index (Phi) is 5.00. The van der Waals surface area contributed by atoms with Crippen LogP contribution in [-0.2, 0) is 9.59 Å². The molecular formula is C19H25N3O2. The molecule has 0 spiro atoms. The van der Waals surface area contributed by atoms with Crippen molar-refractivity contribution in [3.05, 3.63) is 41.6 Å². The number of rotatable bonds is 4. The van der Waals surface area contributed by atoms with Crippen molar-refractivity contribution in [1.29, 1.82) is 0 Å². The lowest BCUT2D eigenvalue weighted by Gasteiger charge is -2.32. The van der Waals surface area contributed by atoms with Gasteiger partial charge in [-0.25, -0.2) is 0 Å². The van der Waals surface area contributed by atoms with Crippen LogP contribution in [0, 0.1) is 0 Å². The molecule has 5 nitrogen and oxygen atoms in total. The van der Waals surface area contributed by atoms with Crippen LogP contribution in [0.2, 0.25) is 0 Å². The first kappa shape index (κ1) is 16.7. The molecule has 3 rings (SSSR count). The first-order chi connectivity index (χ1) is 11.6. The maximum atomic E-state index is 12.5. The largest absolute Gasteiger partial charge is 0.354 e. The van der Waals surface area contributed by atoms with E-state index >= 15 is 0 Å². The molecule has 1 saturated heterocycles. The van der Waals surface area contributed by atoms with Crippen molar-refractivity contribution in [3.8, 4) is 0 Å². The average Bonchev–Trinajstić information content (AvgIpc) is 2.98. The van der Waals surface area contributed by atoms with E-state index in [2.05, 4.69) is 17.3 Å². The highest BCUT2D eigenvalue weighted by molar-refractivity contribution is 5.81. The van der Waals surface area contributed by atoms with Gasteiger partial charge in [0, 0.05) is 25.7 Å². The molecule has 1 aromatic rings. The molecule has 1 aromatic carbocycles. The quantitative estimate of drug-likeness (QED) is 0.922. The predicted octanol–water partition coefficient (Wildman–Crippen LogP) is 2.16. The molecule has 1 fully saturated rings. The van der Waals surface area contributed by atoms with Crippen LogP contribution < -0.4 is 5.32 Å². The summed E-state index contributed by atoms with van der Waals surface area (Å²) in [5.41, 5.74) is 2.10. The number of nitrogens with zero attached hydrogens (tertiary/aromatic N) is 2. The van der Waals surface area contributed by atoms with Gasteiger partial charge in [0.25, 0.3) is 0 Å². The Morgan fingerprint density at radius 1 is 1.29 bits per heavy atom. The lowest BCUT2D eigenvalue weighted by Crippen LogP contribution is -2.40. The second kappa shape index (κ2) is 7.18. The highest BCUT2D eigenvalue weighted by atomic mass is 16.2. The van der Waals surface area contributed by atoms with E-state index in [0.717, 1.165) is 24.1 Å². The van der Waals surface area contributed by atoms with Crippen LogP contribution in [-0.4, -0.2) is 47.8 Å². The summed E-state index contributed by atoms with van der Waals surface area (Å²) in [5, 5.41) is 3.05. The molecule has 0 unspecified atom stereocenters. The zero-order valence-corrected chi connectivity index (χ0v) is 14.4. The van der Waals surface area contributed by atoms with Crippen LogP contribution in [0.15, 0.2) is 30.5 Å². The van der Waals surface area contributed by atoms with Gasteiger partial charge in [-0.2, -0.15) is 0 Å². The van der Waals surface area contributed by atoms with Gasteiger partial charge in [-0.3, -0.25) is 9.59 Å². The summed E-state index contributed by atoms with van der Waals surface area (Å²) in [7, 11) is 2.10. The van der Waals surface area contributed by atoms with Gasteiger partial charge in [0.15, 0.2) is 0 Å². The topological polar surface area (TPSA) is 52.7 Å². The Balaban J connectivity index is 1.68. The fourth-order valence-corrected chi connectivity index (χ4v) is 3.63. The van der Waals surface area contributed by atoms with Crippen molar-refractivity contribution in [2.75, 3.05) is 20.1 Å². The van der Waals surface area contributed by atoms with E-state index in [1.807, 2.05) is 30.3 Å². The standard InChI is InChI=1S/C19H25N3O2/c1-14(23)22-11-9-15-6-3-4-8-17(15)18(22)12-19(24)20-13-16-7-5-10-21(16)2/h3-4,6,8-9,11,16,18H,5,7,10,12-13H2,1-2H3,(H,20,24)/t16-,18-/m1/s1. The first-order valence-electron chi connectivity index (χ1n) is 8.59. The number of likely N-dealkylation sites (N-methyl/N-ethyl adjacent to an activating group) is 1. The zero-order chi connectivity index (χ0) is 17.1. The summed E-state index contributed by atoms with van der Waals surface area (Å²) in [6.07, 6.45) is 6.32. The minimum Gasteiger partial charge on any atom is -0.354 e. The zero-order valence-electron chi connectivity index (χ0n) is 14.4. The van der Waals surface area contributed by atoms with Gasteiger partial charge in [0.05, 0.1) is 12.5 Å². The first-order valence-corrected chi connectivity index (χ1v) is 8.59. The number of benzene rings is 1. The predicted molar refractivity (Wildman–Crippen MR) is 94.0 cm³/mol. The van der Waals surface area contributed by atoms with Gasteiger partial charge in [-0.05, 0) is 43.6 Å². The summed E-state index contributed by atoms with van der Waals surface area (Å²) in [6.45, 7) is 3.32. The highest BCUT2D eigenvalue weighted by Crippen LogP contribution is 2.32. The van der Waals surface area contributed by atoms with Crippen molar-refractivity contribution in [2.24, 2.45) is 0 Å². The molecule has 128 valence electrons. The minimum absolute atomic E-state index is 0.00310. The van der Waals surface area contributed by atoms with Crippen LogP contribution in [0.25, 0.3) is 6.08 Å². The Morgan fingerprint density at radius 2 is 2.08 bits per heavy atom. The summed E-state index contributed by atoms with van der Waals surface area (Å²) in [4.78, 5) is 28.4. The summed E-state index contributed by atoms with van der Waals surface area (Å²) in [6, 6.07) is 8.13. The molecule has 1 N–H and O–H groups in total. The number of fused-ring (bicyclic) bond motifs is 1. The summed E-state index contributed by atoms with van der Waals surface area (Å²) < 4.78 is 0. The van der Waals surface area contributed by atoms with Crippen LogP contribution in [0.4, 0.5) is 0 Å². The number of carbonyl (C=O) groups is 2. The molecule has 5 heteroatoms. The number of amides is 2. The van der Waals surface area contributed by atoms with Gasteiger partial charge >= 0.3 is 0 Å². The molecule has 0 radical (unpaired) electrons. The maximum Gasteiger partial charge on any atom is 0.223 e. The molecule has 2 atom stereocenters. The fourth-order valence-electron chi connectivity index (χ4n) is 3.63. The molecule has 2 amide bonds. The molecular weight excluding hydrogens is 302 g/mol. The van der Waals surface area contributed by atoms with Crippen molar-refractivity contribution < 1.29 is 9.59 Å². The molecule has 2 aliphatic heterocycles. The SMILES string of the molecule is CC(=O)N1C=Cc2ccccc2[C@H]1CC(=O)NC[C@H]1CCCN1C. The van der Waals surface area contributed by atoms with Crippen LogP contribution in [0.1, 0.15) is 43.4 Å². The molecule has 0 aliphatic carbocycles. The van der Waals surface area contributed by atoms with Crippen molar-refractivity contribution in [3.63, 3.8) is 0 Å². The maximum absolute atomic E-state index is 12.5. The lowest BCUT2D eigenvalue weighted by molar-refractivity contribution is -0.130. The van der Waals surface area contributed by atoms with E-state index in [9.17, 15) is 9.59 Å². The Bertz CT molecular complexity index is 656. The highest BCUT2D eigenvalue weighted by Gasteiger charge is 2.28. The number of hydrogen-bond donors (Lipinski definition) is 1. The number of hydrogen-bond acceptors (Lipinski definition) is 3. The molecule has 0 bridgehead atoms. The van der Waals surface area contributed by atoms with Crippen molar-refractivity contribution >= 4 is 17.9 Å². The fraction of sp³-hybridized carbons (Fsp3) is 0.474. The Labute approximate surface area is 143 Å². The Morgan fingerprint density at radius 3 is 2.79 bits per heavy atom. The van der Waals surface area contributed by atoms with E-state index < -0.39 is 0 Å². The van der Waals surface area contributed by atoms with Crippen molar-refractivity contribution in [2.45, 2.75) is 38.3 Å².